The quantitative estimate of drug-likeness (QED) is 0.501. The van der Waals surface area contributed by atoms with Crippen LogP contribution in [0.15, 0.2) is 71.6 Å². The molecule has 0 aliphatic rings. The molecule has 0 aromatic heterocycles. The van der Waals surface area contributed by atoms with Crippen molar-refractivity contribution < 1.29 is 22.7 Å². The smallest absolute Gasteiger partial charge is 0.261 e. The van der Waals surface area contributed by atoms with Gasteiger partial charge in [0, 0.05) is 24.8 Å². The van der Waals surface area contributed by atoms with Gasteiger partial charge in [0.15, 0.2) is 11.5 Å². The van der Waals surface area contributed by atoms with Gasteiger partial charge in [0.1, 0.15) is 0 Å². The van der Waals surface area contributed by atoms with Gasteiger partial charge in [-0.25, -0.2) is 8.42 Å². The van der Waals surface area contributed by atoms with E-state index in [1.807, 2.05) is 32.0 Å². The number of ether oxygens (including phenoxy) is 2. The third-order valence-corrected chi connectivity index (χ3v) is 6.33. The van der Waals surface area contributed by atoms with Gasteiger partial charge >= 0.3 is 0 Å². The van der Waals surface area contributed by atoms with Gasteiger partial charge in [0.25, 0.3) is 15.9 Å². The Morgan fingerprint density at radius 3 is 2.45 bits per heavy atom. The van der Waals surface area contributed by atoms with Crippen LogP contribution >= 0.6 is 0 Å². The van der Waals surface area contributed by atoms with E-state index in [2.05, 4.69) is 4.72 Å². The lowest BCUT2D eigenvalue weighted by Crippen LogP contribution is -2.26. The van der Waals surface area contributed by atoms with E-state index >= 15 is 0 Å². The highest BCUT2D eigenvalue weighted by Crippen LogP contribution is 2.28. The molecule has 0 aliphatic heterocycles. The monoisotopic (exact) mass is 468 g/mol. The molecule has 0 aliphatic carbocycles. The van der Waals surface area contributed by atoms with E-state index in [0.29, 0.717) is 30.3 Å². The molecule has 0 heterocycles. The lowest BCUT2D eigenvalue weighted by Gasteiger charge is -2.19. The number of hydrogen-bond acceptors (Lipinski definition) is 5. The lowest BCUT2D eigenvalue weighted by atomic mass is 10.1. The standard InChI is InChI=1S/C25H28N2O5S/c1-5-32-23-13-12-19(15-24(23)31-4)17-27(3)25(28)20-9-7-11-22(16-20)33(29,30)26-21-10-6-8-18(2)14-21/h6-16,26H,5,17H2,1-4H3. The van der Waals surface area contributed by atoms with E-state index in [0.717, 1.165) is 11.1 Å². The molecule has 0 saturated heterocycles. The van der Waals surface area contributed by atoms with E-state index in [1.54, 1.807) is 50.6 Å². The van der Waals surface area contributed by atoms with Crippen molar-refractivity contribution in [3.63, 3.8) is 0 Å². The van der Waals surface area contributed by atoms with E-state index in [1.165, 1.54) is 17.0 Å². The molecule has 174 valence electrons. The maximum Gasteiger partial charge on any atom is 0.261 e. The van der Waals surface area contributed by atoms with Gasteiger partial charge in [-0.3, -0.25) is 9.52 Å². The molecule has 33 heavy (non-hydrogen) atoms. The van der Waals surface area contributed by atoms with Crippen molar-refractivity contribution in [1.29, 1.82) is 0 Å². The normalized spacial score (nSPS) is 11.0. The minimum Gasteiger partial charge on any atom is -0.493 e. The Morgan fingerprint density at radius 2 is 1.76 bits per heavy atom. The summed E-state index contributed by atoms with van der Waals surface area (Å²) in [5.74, 6) is 0.928. The molecule has 1 N–H and O–H groups in total. The van der Waals surface area contributed by atoms with Crippen molar-refractivity contribution in [2.45, 2.75) is 25.3 Å². The van der Waals surface area contributed by atoms with Gasteiger partial charge in [-0.1, -0.05) is 24.3 Å². The lowest BCUT2D eigenvalue weighted by molar-refractivity contribution is 0.0784. The maximum atomic E-state index is 13.0. The first kappa shape index (κ1) is 24.1. The Kier molecular flexibility index (Phi) is 7.60. The Hall–Kier alpha value is -3.52. The summed E-state index contributed by atoms with van der Waals surface area (Å²) in [7, 11) is -0.614. The predicted octanol–water partition coefficient (Wildman–Crippen LogP) is 4.48. The van der Waals surface area contributed by atoms with E-state index in [4.69, 9.17) is 9.47 Å². The van der Waals surface area contributed by atoms with Gasteiger partial charge in [0.2, 0.25) is 0 Å². The van der Waals surface area contributed by atoms with Crippen LogP contribution in [0.25, 0.3) is 0 Å². The van der Waals surface area contributed by atoms with Gasteiger partial charge in [0.05, 0.1) is 18.6 Å². The first-order chi connectivity index (χ1) is 15.7. The average molecular weight is 469 g/mol. The van der Waals surface area contributed by atoms with Crippen LogP contribution in [-0.4, -0.2) is 40.0 Å². The molecule has 3 aromatic carbocycles. The van der Waals surface area contributed by atoms with Crippen molar-refractivity contribution in [3.8, 4) is 11.5 Å². The van der Waals surface area contributed by atoms with Crippen LogP contribution in [0.3, 0.4) is 0 Å². The second kappa shape index (κ2) is 10.4. The van der Waals surface area contributed by atoms with Crippen LogP contribution in [0.4, 0.5) is 5.69 Å². The number of rotatable bonds is 9. The van der Waals surface area contributed by atoms with Gasteiger partial charge in [-0.2, -0.15) is 0 Å². The van der Waals surface area contributed by atoms with Crippen LogP contribution in [0.1, 0.15) is 28.4 Å². The number of nitrogens with zero attached hydrogens (tertiary/aromatic N) is 1. The number of anilines is 1. The molecule has 7 nitrogen and oxygen atoms in total. The van der Waals surface area contributed by atoms with Crippen molar-refractivity contribution >= 4 is 21.6 Å². The third kappa shape index (κ3) is 6.04. The predicted molar refractivity (Wildman–Crippen MR) is 128 cm³/mol. The summed E-state index contributed by atoms with van der Waals surface area (Å²) in [5, 5.41) is 0. The van der Waals surface area contributed by atoms with Crippen LogP contribution in [0.2, 0.25) is 0 Å². The molecule has 0 bridgehead atoms. The van der Waals surface area contributed by atoms with Gasteiger partial charge < -0.3 is 14.4 Å². The van der Waals surface area contributed by atoms with Crippen LogP contribution in [0.5, 0.6) is 11.5 Å². The highest BCUT2D eigenvalue weighted by atomic mass is 32.2. The largest absolute Gasteiger partial charge is 0.493 e. The zero-order valence-corrected chi connectivity index (χ0v) is 20.0. The average Bonchev–Trinajstić information content (AvgIpc) is 2.79. The summed E-state index contributed by atoms with van der Waals surface area (Å²) < 4.78 is 39.1. The topological polar surface area (TPSA) is 84.9 Å². The van der Waals surface area contributed by atoms with Gasteiger partial charge in [-0.05, 0) is 67.4 Å². The Balaban J connectivity index is 1.77. The van der Waals surface area contributed by atoms with Crippen molar-refractivity contribution in [2.75, 3.05) is 25.5 Å². The Labute approximate surface area is 195 Å². The second-order valence-electron chi connectivity index (χ2n) is 7.58. The van der Waals surface area contributed by atoms with E-state index < -0.39 is 10.0 Å². The fourth-order valence-corrected chi connectivity index (χ4v) is 4.47. The highest BCUT2D eigenvalue weighted by molar-refractivity contribution is 7.92. The van der Waals surface area contributed by atoms with Crippen molar-refractivity contribution in [3.05, 3.63) is 83.4 Å². The number of sulfonamides is 1. The van der Waals surface area contributed by atoms with Crippen LogP contribution in [-0.2, 0) is 16.6 Å². The molecular weight excluding hydrogens is 440 g/mol. The summed E-state index contributed by atoms with van der Waals surface area (Å²) in [6.45, 7) is 4.61. The number of hydrogen-bond donors (Lipinski definition) is 1. The number of carbonyl (C=O) groups is 1. The van der Waals surface area contributed by atoms with Crippen LogP contribution < -0.4 is 14.2 Å². The molecule has 0 fully saturated rings. The molecule has 8 heteroatoms. The number of nitrogens with one attached hydrogen (secondary N) is 1. The molecule has 0 saturated carbocycles. The minimum absolute atomic E-state index is 0.0194. The number of benzene rings is 3. The SMILES string of the molecule is CCOc1ccc(CN(C)C(=O)c2cccc(S(=O)(=O)Nc3cccc(C)c3)c2)cc1OC. The number of amides is 1. The molecule has 0 radical (unpaired) electrons. The number of methoxy groups -OCH3 is 1. The molecule has 3 rings (SSSR count). The molecular formula is C25H28N2O5S. The second-order valence-corrected chi connectivity index (χ2v) is 9.26. The summed E-state index contributed by atoms with van der Waals surface area (Å²) in [6, 6.07) is 18.6. The Morgan fingerprint density at radius 1 is 1.00 bits per heavy atom. The summed E-state index contributed by atoms with van der Waals surface area (Å²) in [6.07, 6.45) is 0. The summed E-state index contributed by atoms with van der Waals surface area (Å²) >= 11 is 0. The molecule has 0 atom stereocenters. The van der Waals surface area contributed by atoms with Crippen LogP contribution in [0, 0.1) is 6.92 Å². The van der Waals surface area contributed by atoms with Crippen molar-refractivity contribution in [1.82, 2.24) is 4.90 Å². The fourth-order valence-electron chi connectivity index (χ4n) is 3.37. The number of carbonyl (C=O) groups excluding carboxylic acids is 1. The zero-order valence-electron chi connectivity index (χ0n) is 19.2. The zero-order chi connectivity index (χ0) is 24.0. The minimum atomic E-state index is -3.84. The molecule has 1 amide bonds. The Bertz CT molecular complexity index is 1240. The summed E-state index contributed by atoms with van der Waals surface area (Å²) in [4.78, 5) is 14.6. The molecule has 0 unspecified atom stereocenters. The fraction of sp³-hybridized carbons (Fsp3) is 0.240. The maximum absolute atomic E-state index is 13.0. The van der Waals surface area contributed by atoms with E-state index in [9.17, 15) is 13.2 Å². The molecule has 3 aromatic rings. The third-order valence-electron chi connectivity index (χ3n) is 4.96. The molecule has 0 spiro atoms. The first-order valence-electron chi connectivity index (χ1n) is 10.5. The summed E-state index contributed by atoms with van der Waals surface area (Å²) in [5.41, 5.74) is 2.54. The number of aryl methyl sites for hydroxylation is 1. The first-order valence-corrected chi connectivity index (χ1v) is 12.0. The highest BCUT2D eigenvalue weighted by Gasteiger charge is 2.19. The van der Waals surface area contributed by atoms with Gasteiger partial charge in [-0.15, -0.1) is 0 Å². The van der Waals surface area contributed by atoms with E-state index in [-0.39, 0.29) is 16.4 Å². The van der Waals surface area contributed by atoms with Crippen molar-refractivity contribution in [2.24, 2.45) is 0 Å².